The third-order valence-electron chi connectivity index (χ3n) is 1.76. The molecule has 0 N–H and O–H groups in total. The van der Waals surface area contributed by atoms with Gasteiger partial charge in [0.2, 0.25) is 0 Å². The Morgan fingerprint density at radius 1 is 1.31 bits per heavy atom. The van der Waals surface area contributed by atoms with Gasteiger partial charge in [-0.25, -0.2) is 4.68 Å². The number of nitrogens with zero attached hydrogens (tertiary/aromatic N) is 3. The predicted molar refractivity (Wildman–Crippen MR) is 53.1 cm³/mol. The molecule has 2 aromatic rings. The molecule has 1 aromatic carbocycles. The van der Waals surface area contributed by atoms with Gasteiger partial charge in [0.05, 0.1) is 5.52 Å². The van der Waals surface area contributed by atoms with Crippen LogP contribution in [0.25, 0.3) is 17.2 Å². The fourth-order valence-corrected chi connectivity index (χ4v) is 1.23. The molecule has 0 bridgehead atoms. The summed E-state index contributed by atoms with van der Waals surface area (Å²) >= 11 is 0. The Labute approximate surface area is 76.7 Å². The molecular weight excluding hydrogens is 162 g/mol. The number of allylic oxidation sites excluding steroid dienone is 1. The van der Waals surface area contributed by atoms with Crippen molar-refractivity contribution in [2.45, 2.75) is 13.8 Å². The molecule has 0 aliphatic rings. The molecule has 13 heavy (non-hydrogen) atoms. The van der Waals surface area contributed by atoms with Crippen LogP contribution in [0.1, 0.15) is 13.8 Å². The largest absolute Gasteiger partial charge is 0.220 e. The highest BCUT2D eigenvalue weighted by Gasteiger charge is 1.99. The summed E-state index contributed by atoms with van der Waals surface area (Å²) in [6.07, 6.45) is 1.97. The maximum atomic E-state index is 4.04. The van der Waals surface area contributed by atoms with Gasteiger partial charge in [-0.15, -0.1) is 5.10 Å². The first kappa shape index (κ1) is 7.98. The Balaban J connectivity index is 2.65. The number of para-hydroxylation sites is 1. The molecule has 1 aromatic heterocycles. The van der Waals surface area contributed by atoms with E-state index in [9.17, 15) is 0 Å². The zero-order valence-electron chi connectivity index (χ0n) is 7.73. The van der Waals surface area contributed by atoms with Crippen molar-refractivity contribution >= 4 is 17.2 Å². The van der Waals surface area contributed by atoms with Crippen molar-refractivity contribution in [1.82, 2.24) is 15.0 Å². The Morgan fingerprint density at radius 3 is 2.85 bits per heavy atom. The third kappa shape index (κ3) is 1.45. The molecule has 0 atom stereocenters. The minimum atomic E-state index is 0.931. The lowest BCUT2D eigenvalue weighted by molar-refractivity contribution is 0.856. The summed E-state index contributed by atoms with van der Waals surface area (Å²) in [7, 11) is 0. The summed E-state index contributed by atoms with van der Waals surface area (Å²) in [5, 5.41) is 8.07. The van der Waals surface area contributed by atoms with Crippen molar-refractivity contribution in [3.05, 3.63) is 29.8 Å². The molecule has 66 valence electrons. The average Bonchev–Trinajstić information content (AvgIpc) is 2.48. The van der Waals surface area contributed by atoms with Crippen LogP contribution in [0.15, 0.2) is 29.8 Å². The molecule has 0 saturated heterocycles. The highest BCUT2D eigenvalue weighted by Crippen LogP contribution is 2.10. The van der Waals surface area contributed by atoms with Gasteiger partial charge in [-0.3, -0.25) is 0 Å². The monoisotopic (exact) mass is 173 g/mol. The first-order valence-electron chi connectivity index (χ1n) is 4.22. The fourth-order valence-electron chi connectivity index (χ4n) is 1.23. The molecule has 0 aliphatic heterocycles. The van der Waals surface area contributed by atoms with Crippen molar-refractivity contribution in [2.24, 2.45) is 0 Å². The Kier molecular flexibility index (Phi) is 1.85. The molecule has 2 rings (SSSR count). The van der Waals surface area contributed by atoms with Gasteiger partial charge in [-0.05, 0) is 26.0 Å². The van der Waals surface area contributed by atoms with Crippen molar-refractivity contribution in [3.63, 3.8) is 0 Å². The molecule has 0 radical (unpaired) electrons. The van der Waals surface area contributed by atoms with E-state index in [1.54, 1.807) is 4.68 Å². The number of hydrogen-bond acceptors (Lipinski definition) is 2. The van der Waals surface area contributed by atoms with Crippen LogP contribution in [0.3, 0.4) is 0 Å². The number of hydrogen-bond donors (Lipinski definition) is 0. The summed E-state index contributed by atoms with van der Waals surface area (Å²) in [5.74, 6) is 0. The number of rotatable bonds is 1. The summed E-state index contributed by atoms with van der Waals surface area (Å²) < 4.78 is 1.80. The van der Waals surface area contributed by atoms with Crippen LogP contribution in [0.5, 0.6) is 0 Å². The lowest BCUT2D eigenvalue weighted by atomic mass is 10.3. The van der Waals surface area contributed by atoms with Crippen LogP contribution in [0, 0.1) is 0 Å². The van der Waals surface area contributed by atoms with Crippen molar-refractivity contribution in [1.29, 1.82) is 0 Å². The van der Waals surface area contributed by atoms with E-state index in [0.29, 0.717) is 0 Å². The van der Waals surface area contributed by atoms with Crippen LogP contribution < -0.4 is 0 Å². The third-order valence-corrected chi connectivity index (χ3v) is 1.76. The molecule has 0 fully saturated rings. The second kappa shape index (κ2) is 3.01. The highest BCUT2D eigenvalue weighted by atomic mass is 15.4. The summed E-state index contributed by atoms with van der Waals surface area (Å²) in [6.45, 7) is 4.08. The smallest absolute Gasteiger partial charge is 0.113 e. The number of fused-ring (bicyclic) bond motifs is 1. The normalized spacial score (nSPS) is 10.3. The van der Waals surface area contributed by atoms with Crippen LogP contribution in [-0.2, 0) is 0 Å². The van der Waals surface area contributed by atoms with Gasteiger partial charge < -0.3 is 0 Å². The van der Waals surface area contributed by atoms with Crippen LogP contribution in [0.2, 0.25) is 0 Å². The van der Waals surface area contributed by atoms with Gasteiger partial charge in [-0.1, -0.05) is 22.9 Å². The quantitative estimate of drug-likeness (QED) is 0.662. The molecule has 0 unspecified atom stereocenters. The van der Waals surface area contributed by atoms with Crippen molar-refractivity contribution < 1.29 is 0 Å². The lowest BCUT2D eigenvalue weighted by Crippen LogP contribution is -1.89. The van der Waals surface area contributed by atoms with E-state index in [1.165, 1.54) is 5.57 Å². The lowest BCUT2D eigenvalue weighted by Gasteiger charge is -1.93. The van der Waals surface area contributed by atoms with Gasteiger partial charge in [-0.2, -0.15) is 0 Å². The van der Waals surface area contributed by atoms with Crippen molar-refractivity contribution in [3.8, 4) is 0 Å². The van der Waals surface area contributed by atoms with Crippen LogP contribution in [-0.4, -0.2) is 15.0 Å². The fraction of sp³-hybridized carbons (Fsp3) is 0.200. The van der Waals surface area contributed by atoms with Crippen LogP contribution in [0.4, 0.5) is 0 Å². The minimum Gasteiger partial charge on any atom is -0.220 e. The summed E-state index contributed by atoms with van der Waals surface area (Å²) in [4.78, 5) is 0. The first-order chi connectivity index (χ1) is 6.27. The van der Waals surface area contributed by atoms with Gasteiger partial charge >= 0.3 is 0 Å². The predicted octanol–water partition coefficient (Wildman–Crippen LogP) is 2.31. The molecule has 3 heteroatoms. The van der Waals surface area contributed by atoms with E-state index >= 15 is 0 Å². The molecule has 0 amide bonds. The van der Waals surface area contributed by atoms with Gasteiger partial charge in [0.1, 0.15) is 5.52 Å². The molecular formula is C10H11N3. The standard InChI is InChI=1S/C10H11N3/c1-8(2)7-13-10-6-4-3-5-9(10)11-12-13/h3-7H,1-2H3. The second-order valence-electron chi connectivity index (χ2n) is 3.23. The van der Waals surface area contributed by atoms with E-state index < -0.39 is 0 Å². The van der Waals surface area contributed by atoms with E-state index in [1.807, 2.05) is 44.3 Å². The maximum absolute atomic E-state index is 4.04. The minimum absolute atomic E-state index is 0.931. The molecule has 3 nitrogen and oxygen atoms in total. The highest BCUT2D eigenvalue weighted by molar-refractivity contribution is 5.75. The molecule has 0 saturated carbocycles. The number of aromatic nitrogens is 3. The topological polar surface area (TPSA) is 30.7 Å². The van der Waals surface area contributed by atoms with Gasteiger partial charge in [0.15, 0.2) is 0 Å². The maximum Gasteiger partial charge on any atom is 0.113 e. The Hall–Kier alpha value is -1.64. The average molecular weight is 173 g/mol. The zero-order valence-corrected chi connectivity index (χ0v) is 7.73. The van der Waals surface area contributed by atoms with Crippen molar-refractivity contribution in [2.75, 3.05) is 0 Å². The Morgan fingerprint density at radius 2 is 2.08 bits per heavy atom. The van der Waals surface area contributed by atoms with E-state index in [0.717, 1.165) is 11.0 Å². The zero-order chi connectivity index (χ0) is 9.26. The van der Waals surface area contributed by atoms with Gasteiger partial charge in [0, 0.05) is 6.20 Å². The Bertz CT molecular complexity index is 450. The van der Waals surface area contributed by atoms with E-state index in [4.69, 9.17) is 0 Å². The summed E-state index contributed by atoms with van der Waals surface area (Å²) in [5.41, 5.74) is 3.18. The van der Waals surface area contributed by atoms with Gasteiger partial charge in [0.25, 0.3) is 0 Å². The SMILES string of the molecule is CC(C)=Cn1nnc2ccccc21. The second-order valence-corrected chi connectivity index (χ2v) is 3.23. The van der Waals surface area contributed by atoms with E-state index in [-0.39, 0.29) is 0 Å². The summed E-state index contributed by atoms with van der Waals surface area (Å²) in [6, 6.07) is 7.91. The molecule has 1 heterocycles. The van der Waals surface area contributed by atoms with Crippen LogP contribution >= 0.6 is 0 Å². The molecule has 0 spiro atoms. The van der Waals surface area contributed by atoms with E-state index in [2.05, 4.69) is 10.3 Å². The number of benzene rings is 1. The molecule has 0 aliphatic carbocycles. The first-order valence-corrected chi connectivity index (χ1v) is 4.22.